The molecule has 1 aromatic rings. The van der Waals surface area contributed by atoms with Crippen molar-refractivity contribution < 1.29 is 9.53 Å². The molecule has 23 heavy (non-hydrogen) atoms. The minimum Gasteiger partial charge on any atom is -0.378 e. The van der Waals surface area contributed by atoms with E-state index in [9.17, 15) is 4.79 Å². The summed E-state index contributed by atoms with van der Waals surface area (Å²) in [6.45, 7) is 5.70. The summed E-state index contributed by atoms with van der Waals surface area (Å²) in [4.78, 5) is 15.7. The van der Waals surface area contributed by atoms with Crippen LogP contribution in [0.15, 0.2) is 29.2 Å². The van der Waals surface area contributed by atoms with Crippen LogP contribution in [-0.2, 0) is 4.74 Å². The van der Waals surface area contributed by atoms with Crippen LogP contribution in [0, 0.1) is 0 Å². The Bertz CT molecular complexity index is 520. The second-order valence-electron chi connectivity index (χ2n) is 6.44. The standard InChI is InChI=1S/C18H28N2O2S/c1-14(15-6-8-16(23-4)9-7-15)19-17(21)20-12-5-10-18(2,22-3)11-13-20/h6-9,14H,5,10-13H2,1-4H3,(H,19,21)/t14-,18+/m1/s1. The van der Waals surface area contributed by atoms with Gasteiger partial charge in [0.05, 0.1) is 11.6 Å². The minimum atomic E-state index is -0.103. The molecule has 1 saturated heterocycles. The first-order chi connectivity index (χ1) is 11.0. The molecular formula is C18H28N2O2S. The van der Waals surface area contributed by atoms with Crippen LogP contribution in [0.5, 0.6) is 0 Å². The van der Waals surface area contributed by atoms with Crippen molar-refractivity contribution in [2.75, 3.05) is 26.5 Å². The first-order valence-corrected chi connectivity index (χ1v) is 9.44. The van der Waals surface area contributed by atoms with Crippen molar-refractivity contribution in [1.82, 2.24) is 10.2 Å². The molecule has 1 heterocycles. The first-order valence-electron chi connectivity index (χ1n) is 8.22. The number of carbonyl (C=O) groups is 1. The number of urea groups is 1. The maximum atomic E-state index is 12.5. The Morgan fingerprint density at radius 2 is 2.00 bits per heavy atom. The van der Waals surface area contributed by atoms with Gasteiger partial charge in [-0.25, -0.2) is 4.79 Å². The molecule has 0 radical (unpaired) electrons. The Labute approximate surface area is 144 Å². The number of nitrogens with zero attached hydrogens (tertiary/aromatic N) is 1. The number of benzene rings is 1. The zero-order valence-corrected chi connectivity index (χ0v) is 15.4. The number of rotatable bonds is 4. The molecule has 1 N–H and O–H groups in total. The molecule has 0 saturated carbocycles. The number of carbonyl (C=O) groups excluding carboxylic acids is 1. The SMILES string of the molecule is CO[C@@]1(C)CCCN(C(=O)N[C@H](C)c2ccc(SC)cc2)CC1. The number of hydrogen-bond donors (Lipinski definition) is 1. The molecule has 2 amide bonds. The molecule has 0 aromatic heterocycles. The molecule has 0 spiro atoms. The van der Waals surface area contributed by atoms with Crippen LogP contribution in [0.3, 0.4) is 0 Å². The van der Waals surface area contributed by atoms with Crippen LogP contribution >= 0.6 is 11.8 Å². The fourth-order valence-electron chi connectivity index (χ4n) is 2.91. The van der Waals surface area contributed by atoms with Gasteiger partial charge in [0, 0.05) is 25.1 Å². The highest BCUT2D eigenvalue weighted by molar-refractivity contribution is 7.98. The van der Waals surface area contributed by atoms with E-state index in [0.717, 1.165) is 37.9 Å². The number of methoxy groups -OCH3 is 1. The van der Waals surface area contributed by atoms with Crippen molar-refractivity contribution in [3.63, 3.8) is 0 Å². The van der Waals surface area contributed by atoms with Gasteiger partial charge in [0.25, 0.3) is 0 Å². The highest BCUT2D eigenvalue weighted by Crippen LogP contribution is 2.25. The third-order valence-corrected chi connectivity index (χ3v) is 5.52. The molecule has 4 nitrogen and oxygen atoms in total. The summed E-state index contributed by atoms with van der Waals surface area (Å²) in [5.74, 6) is 0. The normalized spacial score (nSPS) is 23.2. The maximum absolute atomic E-state index is 12.5. The zero-order valence-electron chi connectivity index (χ0n) is 14.6. The van der Waals surface area contributed by atoms with Crippen molar-refractivity contribution >= 4 is 17.8 Å². The molecule has 2 rings (SSSR count). The predicted molar refractivity (Wildman–Crippen MR) is 96.0 cm³/mol. The third kappa shape index (κ3) is 4.88. The predicted octanol–water partition coefficient (Wildman–Crippen LogP) is 4.07. The molecular weight excluding hydrogens is 308 g/mol. The van der Waals surface area contributed by atoms with Gasteiger partial charge in [-0.1, -0.05) is 12.1 Å². The average Bonchev–Trinajstić information content (AvgIpc) is 2.77. The van der Waals surface area contributed by atoms with E-state index in [1.807, 2.05) is 11.8 Å². The summed E-state index contributed by atoms with van der Waals surface area (Å²) in [7, 11) is 1.76. The molecule has 0 bridgehead atoms. The monoisotopic (exact) mass is 336 g/mol. The number of hydrogen-bond acceptors (Lipinski definition) is 3. The van der Waals surface area contributed by atoms with Crippen molar-refractivity contribution in [2.24, 2.45) is 0 Å². The van der Waals surface area contributed by atoms with E-state index in [-0.39, 0.29) is 17.7 Å². The topological polar surface area (TPSA) is 41.6 Å². The Balaban J connectivity index is 1.92. The van der Waals surface area contributed by atoms with E-state index in [2.05, 4.69) is 42.8 Å². The Morgan fingerprint density at radius 1 is 1.30 bits per heavy atom. The van der Waals surface area contributed by atoms with Crippen LogP contribution < -0.4 is 5.32 Å². The average molecular weight is 337 g/mol. The lowest BCUT2D eigenvalue weighted by atomic mass is 9.97. The lowest BCUT2D eigenvalue weighted by molar-refractivity contribution is -0.00500. The smallest absolute Gasteiger partial charge is 0.317 e. The number of thioether (sulfide) groups is 1. The van der Waals surface area contributed by atoms with Crippen molar-refractivity contribution in [2.45, 2.75) is 49.6 Å². The van der Waals surface area contributed by atoms with Crippen LogP contribution in [0.4, 0.5) is 4.79 Å². The van der Waals surface area contributed by atoms with E-state index in [0.29, 0.717) is 0 Å². The maximum Gasteiger partial charge on any atom is 0.317 e. The highest BCUT2D eigenvalue weighted by Gasteiger charge is 2.29. The van der Waals surface area contributed by atoms with E-state index in [4.69, 9.17) is 4.74 Å². The van der Waals surface area contributed by atoms with Crippen molar-refractivity contribution in [3.8, 4) is 0 Å². The Kier molecular flexibility index (Phi) is 6.36. The Morgan fingerprint density at radius 3 is 2.61 bits per heavy atom. The lowest BCUT2D eigenvalue weighted by Crippen LogP contribution is -2.42. The first kappa shape index (κ1) is 18.1. The van der Waals surface area contributed by atoms with Crippen LogP contribution in [0.1, 0.15) is 44.7 Å². The van der Waals surface area contributed by atoms with Crippen molar-refractivity contribution in [1.29, 1.82) is 0 Å². The second kappa shape index (κ2) is 8.06. The van der Waals surface area contributed by atoms with Crippen LogP contribution in [0.2, 0.25) is 0 Å². The molecule has 1 fully saturated rings. The van der Waals surface area contributed by atoms with E-state index < -0.39 is 0 Å². The van der Waals surface area contributed by atoms with Crippen LogP contribution in [0.25, 0.3) is 0 Å². The summed E-state index contributed by atoms with van der Waals surface area (Å²) < 4.78 is 5.60. The quantitative estimate of drug-likeness (QED) is 0.843. The molecule has 0 aliphatic carbocycles. The van der Waals surface area contributed by atoms with E-state index in [1.54, 1.807) is 18.9 Å². The Hall–Kier alpha value is -1.20. The van der Waals surface area contributed by atoms with Gasteiger partial charge in [0.1, 0.15) is 0 Å². The molecule has 2 atom stereocenters. The van der Waals surface area contributed by atoms with Gasteiger partial charge < -0.3 is 15.0 Å². The van der Waals surface area contributed by atoms with Gasteiger partial charge >= 0.3 is 6.03 Å². The van der Waals surface area contributed by atoms with Gasteiger partial charge in [-0.15, -0.1) is 11.8 Å². The third-order valence-electron chi connectivity index (χ3n) is 4.78. The summed E-state index contributed by atoms with van der Waals surface area (Å²) in [5.41, 5.74) is 1.03. The van der Waals surface area contributed by atoms with Crippen molar-refractivity contribution in [3.05, 3.63) is 29.8 Å². The molecule has 128 valence electrons. The van der Waals surface area contributed by atoms with Gasteiger partial charge in [0.2, 0.25) is 0 Å². The summed E-state index contributed by atoms with van der Waals surface area (Å²) >= 11 is 1.72. The number of nitrogens with one attached hydrogen (secondary N) is 1. The van der Waals surface area contributed by atoms with Gasteiger partial charge in [-0.2, -0.15) is 0 Å². The molecule has 1 aromatic carbocycles. The molecule has 1 aliphatic heterocycles. The largest absolute Gasteiger partial charge is 0.378 e. The summed E-state index contributed by atoms with van der Waals surface area (Å²) in [5, 5.41) is 3.12. The fraction of sp³-hybridized carbons (Fsp3) is 0.611. The fourth-order valence-corrected chi connectivity index (χ4v) is 3.32. The second-order valence-corrected chi connectivity index (χ2v) is 7.32. The number of likely N-dealkylation sites (tertiary alicyclic amines) is 1. The number of ether oxygens (including phenoxy) is 1. The molecule has 0 unspecified atom stereocenters. The summed E-state index contributed by atoms with van der Waals surface area (Å²) in [6, 6.07) is 8.39. The zero-order chi connectivity index (χ0) is 16.9. The number of amides is 2. The van der Waals surface area contributed by atoms with E-state index >= 15 is 0 Å². The highest BCUT2D eigenvalue weighted by atomic mass is 32.2. The van der Waals surface area contributed by atoms with Gasteiger partial charge in [0.15, 0.2) is 0 Å². The summed E-state index contributed by atoms with van der Waals surface area (Å²) in [6.07, 6.45) is 4.93. The molecule has 5 heteroatoms. The molecule has 1 aliphatic rings. The lowest BCUT2D eigenvalue weighted by Gasteiger charge is -2.27. The van der Waals surface area contributed by atoms with Crippen LogP contribution in [-0.4, -0.2) is 43.0 Å². The van der Waals surface area contributed by atoms with Gasteiger partial charge in [-0.05, 0) is 57.1 Å². The minimum absolute atomic E-state index is 0.00969. The van der Waals surface area contributed by atoms with Gasteiger partial charge in [-0.3, -0.25) is 0 Å². The van der Waals surface area contributed by atoms with E-state index in [1.165, 1.54) is 4.90 Å².